The molecule has 1 aromatic rings. The van der Waals surface area contributed by atoms with Gasteiger partial charge in [-0.15, -0.1) is 0 Å². The predicted octanol–water partition coefficient (Wildman–Crippen LogP) is 1.99. The van der Waals surface area contributed by atoms with Gasteiger partial charge in [0.25, 0.3) is 0 Å². The van der Waals surface area contributed by atoms with Gasteiger partial charge in [-0.25, -0.2) is 0 Å². The maximum atomic E-state index is 4.32. The Hall–Kier alpha value is -0.700. The standard InChI is InChI=1S/C9H14N2S/c1-7(6-12)5-11-9(3)4-8(2)10-11/h4,12H,1,5-6H2,2-3H3. The zero-order valence-corrected chi connectivity index (χ0v) is 8.43. The van der Waals surface area contributed by atoms with Crippen LogP contribution in [0.25, 0.3) is 0 Å². The molecule has 0 amide bonds. The van der Waals surface area contributed by atoms with Crippen LogP contribution >= 0.6 is 12.6 Å². The van der Waals surface area contributed by atoms with Gasteiger partial charge >= 0.3 is 0 Å². The lowest BCUT2D eigenvalue weighted by Gasteiger charge is -2.04. The number of nitrogens with zero attached hydrogens (tertiary/aromatic N) is 2. The fourth-order valence-corrected chi connectivity index (χ4v) is 1.20. The molecule has 0 saturated carbocycles. The van der Waals surface area contributed by atoms with Gasteiger partial charge in [0.2, 0.25) is 0 Å². The van der Waals surface area contributed by atoms with Crippen LogP contribution in [0.5, 0.6) is 0 Å². The number of aryl methyl sites for hydroxylation is 2. The van der Waals surface area contributed by atoms with E-state index in [0.717, 1.165) is 23.6 Å². The Bertz CT molecular complexity index is 289. The molecule has 0 bridgehead atoms. The molecule has 1 rings (SSSR count). The molecule has 1 heterocycles. The van der Waals surface area contributed by atoms with Crippen molar-refractivity contribution in [3.63, 3.8) is 0 Å². The molecule has 0 spiro atoms. The number of aromatic nitrogens is 2. The Labute approximate surface area is 78.7 Å². The van der Waals surface area contributed by atoms with Gasteiger partial charge in [-0.2, -0.15) is 17.7 Å². The van der Waals surface area contributed by atoms with Gasteiger partial charge < -0.3 is 0 Å². The fourth-order valence-electron chi connectivity index (χ4n) is 1.10. The summed E-state index contributed by atoms with van der Waals surface area (Å²) in [7, 11) is 0. The molecule has 1 aromatic heterocycles. The van der Waals surface area contributed by atoms with Crippen molar-refractivity contribution in [2.75, 3.05) is 5.75 Å². The molecule has 0 N–H and O–H groups in total. The van der Waals surface area contributed by atoms with E-state index in [9.17, 15) is 0 Å². The molecular formula is C9H14N2S. The molecule has 12 heavy (non-hydrogen) atoms. The van der Waals surface area contributed by atoms with Crippen LogP contribution in [0, 0.1) is 13.8 Å². The van der Waals surface area contributed by atoms with Crippen molar-refractivity contribution < 1.29 is 0 Å². The summed E-state index contributed by atoms with van der Waals surface area (Å²) >= 11 is 4.15. The monoisotopic (exact) mass is 182 g/mol. The molecule has 0 unspecified atom stereocenters. The van der Waals surface area contributed by atoms with Crippen LogP contribution in [0.4, 0.5) is 0 Å². The van der Waals surface area contributed by atoms with Crippen LogP contribution in [0.3, 0.4) is 0 Å². The Kier molecular flexibility index (Phi) is 2.98. The maximum absolute atomic E-state index is 4.32. The van der Waals surface area contributed by atoms with Crippen molar-refractivity contribution in [1.29, 1.82) is 0 Å². The molecule has 0 aliphatic heterocycles. The van der Waals surface area contributed by atoms with Gasteiger partial charge in [0, 0.05) is 11.4 Å². The van der Waals surface area contributed by atoms with Crippen LogP contribution in [-0.4, -0.2) is 15.5 Å². The van der Waals surface area contributed by atoms with Crippen LogP contribution in [0.1, 0.15) is 11.4 Å². The Morgan fingerprint density at radius 2 is 2.33 bits per heavy atom. The summed E-state index contributed by atoms with van der Waals surface area (Å²) in [6.07, 6.45) is 0. The van der Waals surface area contributed by atoms with Crippen molar-refractivity contribution in [3.8, 4) is 0 Å². The molecule has 2 nitrogen and oxygen atoms in total. The number of thiol groups is 1. The summed E-state index contributed by atoms with van der Waals surface area (Å²) in [5.74, 6) is 0.721. The minimum absolute atomic E-state index is 0.721. The first-order valence-corrected chi connectivity index (χ1v) is 4.55. The first kappa shape index (κ1) is 9.39. The summed E-state index contributed by atoms with van der Waals surface area (Å²) in [5.41, 5.74) is 3.32. The molecule has 0 atom stereocenters. The first-order valence-electron chi connectivity index (χ1n) is 3.92. The fraction of sp³-hybridized carbons (Fsp3) is 0.444. The highest BCUT2D eigenvalue weighted by atomic mass is 32.1. The second-order valence-corrected chi connectivity index (χ2v) is 3.31. The van der Waals surface area contributed by atoms with Gasteiger partial charge in [-0.3, -0.25) is 4.68 Å². The van der Waals surface area contributed by atoms with Gasteiger partial charge in [0.1, 0.15) is 0 Å². The van der Waals surface area contributed by atoms with E-state index in [2.05, 4.69) is 30.4 Å². The van der Waals surface area contributed by atoms with Crippen molar-refractivity contribution in [3.05, 3.63) is 29.6 Å². The molecule has 66 valence electrons. The molecule has 0 saturated heterocycles. The molecule has 0 fully saturated rings. The number of rotatable bonds is 3. The average molecular weight is 182 g/mol. The van der Waals surface area contributed by atoms with Crippen molar-refractivity contribution >= 4 is 12.6 Å². The number of hydrogen-bond acceptors (Lipinski definition) is 2. The summed E-state index contributed by atoms with van der Waals surface area (Å²) in [6, 6.07) is 2.06. The average Bonchev–Trinajstić information content (AvgIpc) is 2.30. The van der Waals surface area contributed by atoms with E-state index >= 15 is 0 Å². The Morgan fingerprint density at radius 1 is 1.67 bits per heavy atom. The summed E-state index contributed by atoms with van der Waals surface area (Å²) in [4.78, 5) is 0. The van der Waals surface area contributed by atoms with Crippen molar-refractivity contribution in [2.24, 2.45) is 0 Å². The third-order valence-electron chi connectivity index (χ3n) is 1.70. The van der Waals surface area contributed by atoms with Crippen LogP contribution in [0.2, 0.25) is 0 Å². The Morgan fingerprint density at radius 3 is 2.75 bits per heavy atom. The van der Waals surface area contributed by atoms with Crippen LogP contribution in [-0.2, 0) is 6.54 Å². The highest BCUT2D eigenvalue weighted by Crippen LogP contribution is 2.05. The molecular weight excluding hydrogens is 168 g/mol. The normalized spacial score (nSPS) is 10.2. The predicted molar refractivity (Wildman–Crippen MR) is 54.7 cm³/mol. The van der Waals surface area contributed by atoms with Gasteiger partial charge in [0.15, 0.2) is 0 Å². The van der Waals surface area contributed by atoms with E-state index in [0.29, 0.717) is 0 Å². The molecule has 0 aliphatic carbocycles. The lowest BCUT2D eigenvalue weighted by molar-refractivity contribution is 0.653. The van der Waals surface area contributed by atoms with Gasteiger partial charge in [-0.1, -0.05) is 6.58 Å². The van der Waals surface area contributed by atoms with E-state index in [1.165, 1.54) is 5.69 Å². The summed E-state index contributed by atoms with van der Waals surface area (Å²) in [6.45, 7) is 8.70. The second-order valence-electron chi connectivity index (χ2n) is 2.99. The first-order chi connectivity index (χ1) is 5.63. The lowest BCUT2D eigenvalue weighted by Crippen LogP contribution is -2.05. The minimum Gasteiger partial charge on any atom is -0.266 e. The lowest BCUT2D eigenvalue weighted by atomic mass is 10.3. The highest BCUT2D eigenvalue weighted by Gasteiger charge is 2.00. The highest BCUT2D eigenvalue weighted by molar-refractivity contribution is 7.80. The molecule has 0 radical (unpaired) electrons. The van der Waals surface area contributed by atoms with E-state index in [4.69, 9.17) is 0 Å². The zero-order valence-electron chi connectivity index (χ0n) is 7.54. The smallest absolute Gasteiger partial charge is 0.0627 e. The Balaban J connectivity index is 2.75. The quantitative estimate of drug-likeness (QED) is 0.559. The summed E-state index contributed by atoms with van der Waals surface area (Å²) < 4.78 is 1.95. The third-order valence-corrected chi connectivity index (χ3v) is 2.15. The van der Waals surface area contributed by atoms with Gasteiger partial charge in [0.05, 0.1) is 12.2 Å². The summed E-state index contributed by atoms with van der Waals surface area (Å²) in [5, 5.41) is 4.32. The molecule has 3 heteroatoms. The van der Waals surface area contributed by atoms with Crippen molar-refractivity contribution in [1.82, 2.24) is 9.78 Å². The van der Waals surface area contributed by atoms with Gasteiger partial charge in [-0.05, 0) is 25.5 Å². The molecule has 0 aliphatic rings. The van der Waals surface area contributed by atoms with E-state index in [-0.39, 0.29) is 0 Å². The van der Waals surface area contributed by atoms with Crippen LogP contribution in [0.15, 0.2) is 18.2 Å². The number of hydrogen-bond donors (Lipinski definition) is 1. The second kappa shape index (κ2) is 3.81. The molecule has 0 aromatic carbocycles. The topological polar surface area (TPSA) is 17.8 Å². The zero-order chi connectivity index (χ0) is 9.14. The third kappa shape index (κ3) is 2.14. The minimum atomic E-state index is 0.721. The SMILES string of the molecule is C=C(CS)Cn1nc(C)cc1C. The van der Waals surface area contributed by atoms with E-state index in [1.54, 1.807) is 0 Å². The van der Waals surface area contributed by atoms with Crippen molar-refractivity contribution in [2.45, 2.75) is 20.4 Å². The van der Waals surface area contributed by atoms with E-state index in [1.807, 2.05) is 18.5 Å². The van der Waals surface area contributed by atoms with E-state index < -0.39 is 0 Å². The largest absolute Gasteiger partial charge is 0.266 e. The van der Waals surface area contributed by atoms with Crippen LogP contribution < -0.4 is 0 Å². The maximum Gasteiger partial charge on any atom is 0.0627 e.